The van der Waals surface area contributed by atoms with Crippen LogP contribution >= 0.6 is 22.9 Å². The lowest BCUT2D eigenvalue weighted by molar-refractivity contribution is 0.0710. The quantitative estimate of drug-likeness (QED) is 0.696. The molecule has 1 fully saturated rings. The summed E-state index contributed by atoms with van der Waals surface area (Å²) in [6.07, 6.45) is 3.62. The van der Waals surface area contributed by atoms with Crippen molar-refractivity contribution in [2.24, 2.45) is 0 Å². The van der Waals surface area contributed by atoms with Gasteiger partial charge < -0.3 is 10.6 Å². The van der Waals surface area contributed by atoms with E-state index in [0.717, 1.165) is 41.9 Å². The SMILES string of the molecule is Cc1ncsc1C(=O)N1CCC[C@@H](c2nc(N)ncc2-c2ccc(Cl)cc2)C1. The maximum atomic E-state index is 12.9. The highest BCUT2D eigenvalue weighted by Crippen LogP contribution is 2.34. The first-order valence-electron chi connectivity index (χ1n) is 9.10. The van der Waals surface area contributed by atoms with E-state index >= 15 is 0 Å². The van der Waals surface area contributed by atoms with Gasteiger partial charge in [0.15, 0.2) is 0 Å². The van der Waals surface area contributed by atoms with Gasteiger partial charge in [0.2, 0.25) is 5.95 Å². The van der Waals surface area contributed by atoms with Crippen LogP contribution in [-0.2, 0) is 0 Å². The maximum absolute atomic E-state index is 12.9. The standard InChI is InChI=1S/C20H20ClN5OS/c1-12-18(28-11-24-12)19(27)26-8-2-3-14(10-26)17-16(9-23-20(22)25-17)13-4-6-15(21)7-5-13/h4-7,9,11,14H,2-3,8,10H2,1H3,(H2,22,23,25)/t14-/m1/s1. The Labute approximate surface area is 172 Å². The number of aromatic nitrogens is 3. The first-order valence-corrected chi connectivity index (χ1v) is 10.4. The lowest BCUT2D eigenvalue weighted by Gasteiger charge is -2.33. The summed E-state index contributed by atoms with van der Waals surface area (Å²) < 4.78 is 0. The number of likely N-dealkylation sites (tertiary alicyclic amines) is 1. The second kappa shape index (κ2) is 7.85. The Morgan fingerprint density at radius 1 is 1.29 bits per heavy atom. The number of nitrogen functional groups attached to an aromatic ring is 1. The predicted octanol–water partition coefficient (Wildman–Crippen LogP) is 4.16. The molecule has 28 heavy (non-hydrogen) atoms. The van der Waals surface area contributed by atoms with Crippen LogP contribution in [0.1, 0.15) is 39.8 Å². The third-order valence-corrected chi connectivity index (χ3v) is 6.20. The van der Waals surface area contributed by atoms with Crippen molar-refractivity contribution in [3.05, 3.63) is 57.3 Å². The minimum atomic E-state index is 0.0415. The fourth-order valence-corrected chi connectivity index (χ4v) is 4.50. The van der Waals surface area contributed by atoms with E-state index in [1.165, 1.54) is 11.3 Å². The number of carbonyl (C=O) groups excluding carboxylic acids is 1. The number of nitrogens with zero attached hydrogens (tertiary/aromatic N) is 4. The molecule has 144 valence electrons. The van der Waals surface area contributed by atoms with E-state index in [2.05, 4.69) is 15.0 Å². The second-order valence-electron chi connectivity index (χ2n) is 6.89. The molecule has 0 spiro atoms. The second-order valence-corrected chi connectivity index (χ2v) is 8.18. The van der Waals surface area contributed by atoms with Crippen LogP contribution in [0.4, 0.5) is 5.95 Å². The number of aryl methyl sites for hydroxylation is 1. The Balaban J connectivity index is 1.65. The van der Waals surface area contributed by atoms with E-state index in [4.69, 9.17) is 17.3 Å². The van der Waals surface area contributed by atoms with Crippen molar-refractivity contribution in [3.63, 3.8) is 0 Å². The van der Waals surface area contributed by atoms with Crippen LogP contribution in [0.5, 0.6) is 0 Å². The van der Waals surface area contributed by atoms with E-state index in [-0.39, 0.29) is 17.8 Å². The number of thiazole rings is 1. The Hall–Kier alpha value is -2.51. The predicted molar refractivity (Wildman–Crippen MR) is 112 cm³/mol. The zero-order valence-corrected chi connectivity index (χ0v) is 17.0. The van der Waals surface area contributed by atoms with Crippen molar-refractivity contribution < 1.29 is 4.79 Å². The van der Waals surface area contributed by atoms with Gasteiger partial charge >= 0.3 is 0 Å². The van der Waals surface area contributed by atoms with Crippen LogP contribution in [0.25, 0.3) is 11.1 Å². The Bertz CT molecular complexity index is 1000. The van der Waals surface area contributed by atoms with Gasteiger partial charge in [0.1, 0.15) is 4.88 Å². The highest BCUT2D eigenvalue weighted by Gasteiger charge is 2.29. The van der Waals surface area contributed by atoms with Crippen LogP contribution in [0.3, 0.4) is 0 Å². The van der Waals surface area contributed by atoms with Crippen LogP contribution in [0.15, 0.2) is 36.0 Å². The lowest BCUT2D eigenvalue weighted by Crippen LogP contribution is -2.39. The third-order valence-electron chi connectivity index (χ3n) is 5.03. The number of nitrogens with two attached hydrogens (primary N) is 1. The third kappa shape index (κ3) is 3.72. The van der Waals surface area contributed by atoms with E-state index < -0.39 is 0 Å². The number of benzene rings is 1. The Morgan fingerprint density at radius 2 is 2.07 bits per heavy atom. The molecule has 3 heterocycles. The Kier molecular flexibility index (Phi) is 5.28. The smallest absolute Gasteiger partial charge is 0.265 e. The normalized spacial score (nSPS) is 16.9. The summed E-state index contributed by atoms with van der Waals surface area (Å²) in [5.41, 5.74) is 11.2. The molecule has 0 saturated carbocycles. The molecule has 0 radical (unpaired) electrons. The van der Waals surface area contributed by atoms with Crippen LogP contribution in [-0.4, -0.2) is 38.8 Å². The number of rotatable bonds is 3. The van der Waals surface area contributed by atoms with Crippen LogP contribution < -0.4 is 5.73 Å². The molecule has 3 aromatic rings. The van der Waals surface area contributed by atoms with Crippen molar-refractivity contribution in [3.8, 4) is 11.1 Å². The number of anilines is 1. The van der Waals surface area contributed by atoms with Gasteiger partial charge in [-0.15, -0.1) is 11.3 Å². The van der Waals surface area contributed by atoms with Crippen molar-refractivity contribution >= 4 is 34.8 Å². The van der Waals surface area contributed by atoms with Crippen molar-refractivity contribution in [1.82, 2.24) is 19.9 Å². The average Bonchev–Trinajstić information content (AvgIpc) is 3.14. The number of carbonyl (C=O) groups is 1. The summed E-state index contributed by atoms with van der Waals surface area (Å²) in [6, 6.07) is 7.60. The molecule has 1 aliphatic rings. The molecule has 4 rings (SSSR count). The van der Waals surface area contributed by atoms with E-state index in [9.17, 15) is 4.79 Å². The molecule has 1 amide bonds. The molecule has 2 N–H and O–H groups in total. The molecule has 2 aromatic heterocycles. The number of hydrogen-bond acceptors (Lipinski definition) is 6. The van der Waals surface area contributed by atoms with Gasteiger partial charge in [-0.1, -0.05) is 23.7 Å². The molecule has 1 atom stereocenters. The van der Waals surface area contributed by atoms with Gasteiger partial charge in [-0.05, 0) is 37.5 Å². The number of amides is 1. The van der Waals surface area contributed by atoms with Gasteiger partial charge in [-0.25, -0.2) is 15.0 Å². The zero-order valence-electron chi connectivity index (χ0n) is 15.4. The number of halogens is 1. The fourth-order valence-electron chi connectivity index (χ4n) is 3.61. The van der Waals surface area contributed by atoms with Gasteiger partial charge in [0.05, 0.1) is 16.9 Å². The molecular formula is C20H20ClN5OS. The van der Waals surface area contributed by atoms with E-state index in [1.807, 2.05) is 36.1 Å². The summed E-state index contributed by atoms with van der Waals surface area (Å²) in [6.45, 7) is 3.21. The first-order chi connectivity index (χ1) is 13.5. The average molecular weight is 414 g/mol. The number of piperidine rings is 1. The highest BCUT2D eigenvalue weighted by molar-refractivity contribution is 7.11. The monoisotopic (exact) mass is 413 g/mol. The fraction of sp³-hybridized carbons (Fsp3) is 0.300. The molecule has 8 heteroatoms. The maximum Gasteiger partial charge on any atom is 0.265 e. The van der Waals surface area contributed by atoms with Crippen molar-refractivity contribution in [2.45, 2.75) is 25.7 Å². The van der Waals surface area contributed by atoms with Crippen molar-refractivity contribution in [2.75, 3.05) is 18.8 Å². The van der Waals surface area contributed by atoms with Gasteiger partial charge in [0.25, 0.3) is 5.91 Å². The topological polar surface area (TPSA) is 85.0 Å². The number of hydrogen-bond donors (Lipinski definition) is 1. The Morgan fingerprint density at radius 3 is 2.79 bits per heavy atom. The van der Waals surface area contributed by atoms with Gasteiger partial charge in [-0.2, -0.15) is 0 Å². The van der Waals surface area contributed by atoms with Gasteiger partial charge in [0, 0.05) is 35.8 Å². The molecule has 6 nitrogen and oxygen atoms in total. The van der Waals surface area contributed by atoms with Crippen LogP contribution in [0.2, 0.25) is 5.02 Å². The van der Waals surface area contributed by atoms with E-state index in [0.29, 0.717) is 16.4 Å². The molecule has 1 aliphatic heterocycles. The molecule has 0 bridgehead atoms. The molecule has 1 saturated heterocycles. The molecule has 1 aromatic carbocycles. The summed E-state index contributed by atoms with van der Waals surface area (Å²) in [7, 11) is 0. The van der Waals surface area contributed by atoms with Gasteiger partial charge in [-0.3, -0.25) is 4.79 Å². The highest BCUT2D eigenvalue weighted by atomic mass is 35.5. The zero-order chi connectivity index (χ0) is 19.7. The largest absolute Gasteiger partial charge is 0.368 e. The minimum absolute atomic E-state index is 0.0415. The minimum Gasteiger partial charge on any atom is -0.368 e. The summed E-state index contributed by atoms with van der Waals surface area (Å²) >= 11 is 7.42. The van der Waals surface area contributed by atoms with E-state index in [1.54, 1.807) is 11.7 Å². The van der Waals surface area contributed by atoms with Crippen molar-refractivity contribution in [1.29, 1.82) is 0 Å². The van der Waals surface area contributed by atoms with Crippen LogP contribution in [0, 0.1) is 6.92 Å². The molecule has 0 unspecified atom stereocenters. The summed E-state index contributed by atoms with van der Waals surface area (Å²) in [4.78, 5) is 28.5. The molecular weight excluding hydrogens is 394 g/mol. The summed E-state index contributed by atoms with van der Waals surface area (Å²) in [5.74, 6) is 0.385. The lowest BCUT2D eigenvalue weighted by atomic mass is 9.90. The first kappa shape index (κ1) is 18.8. The summed E-state index contributed by atoms with van der Waals surface area (Å²) in [5, 5.41) is 0.677. The molecule has 0 aliphatic carbocycles.